The topological polar surface area (TPSA) is 174 Å². The Morgan fingerprint density at radius 3 is 2.56 bits per heavy atom. The third-order valence-electron chi connectivity index (χ3n) is 11.2. The number of aryl methyl sites for hydroxylation is 1. The predicted molar refractivity (Wildman–Crippen MR) is 215 cm³/mol. The van der Waals surface area contributed by atoms with Crippen LogP contribution in [-0.4, -0.2) is 90.6 Å². The molecule has 57 heavy (non-hydrogen) atoms. The number of amides is 4. The Balaban J connectivity index is 0.887. The molecule has 296 valence electrons. The maximum atomic E-state index is 14.0. The number of nitrogens with zero attached hydrogens (tertiary/aromatic N) is 2. The Morgan fingerprint density at radius 1 is 0.982 bits per heavy atom. The Bertz CT molecular complexity index is 2350. The molecule has 0 aromatic heterocycles. The van der Waals surface area contributed by atoms with Crippen LogP contribution >= 0.6 is 11.8 Å². The van der Waals surface area contributed by atoms with Crippen molar-refractivity contribution < 1.29 is 37.4 Å². The summed E-state index contributed by atoms with van der Waals surface area (Å²) in [6, 6.07) is 24.2. The van der Waals surface area contributed by atoms with Gasteiger partial charge in [0, 0.05) is 53.0 Å². The molecule has 4 atom stereocenters. The van der Waals surface area contributed by atoms with Gasteiger partial charge in [-0.15, -0.1) is 11.8 Å². The number of ether oxygens (including phenoxy) is 1. The van der Waals surface area contributed by atoms with E-state index in [9.17, 15) is 32.7 Å². The first kappa shape index (κ1) is 38.8. The van der Waals surface area contributed by atoms with E-state index in [4.69, 9.17) is 4.74 Å². The lowest BCUT2D eigenvalue weighted by Gasteiger charge is -2.39. The number of anilines is 2. The lowest BCUT2D eigenvalue weighted by Crippen LogP contribution is -2.52. The van der Waals surface area contributed by atoms with Gasteiger partial charge in [-0.1, -0.05) is 42.0 Å². The van der Waals surface area contributed by atoms with Gasteiger partial charge in [0.05, 0.1) is 30.2 Å². The van der Waals surface area contributed by atoms with Crippen LogP contribution in [-0.2, 0) is 35.7 Å². The average Bonchev–Trinajstić information content (AvgIpc) is 3.81. The van der Waals surface area contributed by atoms with Gasteiger partial charge in [-0.25, -0.2) is 8.42 Å². The Kier molecular flexibility index (Phi) is 10.9. The predicted octanol–water partition coefficient (Wildman–Crippen LogP) is 4.71. The molecule has 4 aliphatic heterocycles. The fourth-order valence-electron chi connectivity index (χ4n) is 8.36. The van der Waals surface area contributed by atoms with Crippen molar-refractivity contribution in [3.8, 4) is 11.1 Å². The summed E-state index contributed by atoms with van der Waals surface area (Å²) < 4.78 is 35.2. The van der Waals surface area contributed by atoms with E-state index in [1.54, 1.807) is 46.8 Å². The molecule has 0 spiro atoms. The molecule has 1 unspecified atom stereocenters. The number of piperidine rings is 1. The average molecular weight is 810 g/mol. The first-order chi connectivity index (χ1) is 27.5. The molecule has 15 heteroatoms. The zero-order valence-corrected chi connectivity index (χ0v) is 32.9. The number of hydrogen-bond donors (Lipinski definition) is 4. The molecular formula is C42H43N5O8S2. The zero-order chi connectivity index (χ0) is 39.8. The molecule has 4 N–H and O–H groups in total. The van der Waals surface area contributed by atoms with Crippen LogP contribution < -0.4 is 16.0 Å². The second-order valence-corrected chi connectivity index (χ2v) is 17.8. The van der Waals surface area contributed by atoms with E-state index < -0.39 is 28.0 Å². The molecule has 0 bridgehead atoms. The van der Waals surface area contributed by atoms with E-state index >= 15 is 0 Å². The van der Waals surface area contributed by atoms with Gasteiger partial charge in [-0.3, -0.25) is 24.5 Å². The monoisotopic (exact) mass is 809 g/mol. The van der Waals surface area contributed by atoms with Crippen LogP contribution in [0.3, 0.4) is 0 Å². The highest BCUT2D eigenvalue weighted by Crippen LogP contribution is 2.49. The zero-order valence-electron chi connectivity index (χ0n) is 31.3. The number of nitrogens with one attached hydrogen (secondary N) is 3. The largest absolute Gasteiger partial charge is 0.394 e. The number of thioether (sulfide) groups is 1. The number of benzene rings is 4. The van der Waals surface area contributed by atoms with Gasteiger partial charge in [0.15, 0.2) is 0 Å². The lowest BCUT2D eigenvalue weighted by atomic mass is 9.82. The molecule has 4 aromatic carbocycles. The normalized spacial score (nSPS) is 21.7. The molecule has 4 heterocycles. The van der Waals surface area contributed by atoms with Crippen LogP contribution in [0.1, 0.15) is 52.4 Å². The van der Waals surface area contributed by atoms with E-state index in [1.807, 2.05) is 49.4 Å². The van der Waals surface area contributed by atoms with Gasteiger partial charge in [-0.05, 0) is 90.6 Å². The second-order valence-electron chi connectivity index (χ2n) is 14.8. The third kappa shape index (κ3) is 7.69. The molecule has 4 aromatic rings. The van der Waals surface area contributed by atoms with Crippen LogP contribution in [0.4, 0.5) is 11.4 Å². The molecule has 0 aliphatic carbocycles. The van der Waals surface area contributed by atoms with Gasteiger partial charge in [0.25, 0.3) is 5.91 Å². The summed E-state index contributed by atoms with van der Waals surface area (Å²) in [4.78, 5) is 52.8. The third-order valence-corrected chi connectivity index (χ3v) is 14.1. The number of rotatable bonds is 12. The Labute approximate surface area is 335 Å². The summed E-state index contributed by atoms with van der Waals surface area (Å²) in [7, 11) is -3.81. The van der Waals surface area contributed by atoms with E-state index in [0.29, 0.717) is 36.4 Å². The fraction of sp³-hybridized carbons (Fsp3) is 0.333. The van der Waals surface area contributed by atoms with Crippen molar-refractivity contribution in [2.45, 2.75) is 60.6 Å². The summed E-state index contributed by atoms with van der Waals surface area (Å²) in [5, 5.41) is 18.9. The number of fused-ring (bicyclic) bond motifs is 4. The molecular weight excluding hydrogens is 767 g/mol. The molecule has 0 radical (unpaired) electrons. The Morgan fingerprint density at radius 2 is 1.77 bits per heavy atom. The SMILES string of the molecule is Cc1ccc(S(=O)(=O)N2CC[C@@H]3[C@H](CO)Nc4ccc(-c5cccc(NC(=O)COCCSc6cccc7c6CN(C6CCC(=O)NC6=O)C7=O)c5)cc4[C@@H]32)cc1. The highest BCUT2D eigenvalue weighted by Gasteiger charge is 2.48. The molecule has 2 fully saturated rings. The van der Waals surface area contributed by atoms with E-state index in [2.05, 4.69) is 16.0 Å². The van der Waals surface area contributed by atoms with Crippen molar-refractivity contribution in [3.05, 3.63) is 107 Å². The summed E-state index contributed by atoms with van der Waals surface area (Å²) >= 11 is 1.51. The van der Waals surface area contributed by atoms with E-state index in [-0.39, 0.29) is 67.4 Å². The van der Waals surface area contributed by atoms with Gasteiger partial charge in [0.2, 0.25) is 27.7 Å². The number of hydrogen-bond acceptors (Lipinski definition) is 10. The lowest BCUT2D eigenvalue weighted by molar-refractivity contribution is -0.137. The van der Waals surface area contributed by atoms with Gasteiger partial charge in [-0.2, -0.15) is 4.31 Å². The fourth-order valence-corrected chi connectivity index (χ4v) is 11.0. The van der Waals surface area contributed by atoms with Gasteiger partial charge in [0.1, 0.15) is 12.6 Å². The van der Waals surface area contributed by atoms with Crippen molar-refractivity contribution in [2.24, 2.45) is 5.92 Å². The first-order valence-corrected chi connectivity index (χ1v) is 21.4. The highest BCUT2D eigenvalue weighted by molar-refractivity contribution is 7.99. The summed E-state index contributed by atoms with van der Waals surface area (Å²) in [5.74, 6) is -0.905. The van der Waals surface area contributed by atoms with Gasteiger partial charge >= 0.3 is 0 Å². The minimum atomic E-state index is -3.81. The number of carbonyl (C=O) groups excluding carboxylic acids is 4. The molecule has 4 amide bonds. The van der Waals surface area contributed by atoms with Crippen molar-refractivity contribution in [1.29, 1.82) is 0 Å². The van der Waals surface area contributed by atoms with Crippen molar-refractivity contribution in [3.63, 3.8) is 0 Å². The smallest absolute Gasteiger partial charge is 0.255 e. The first-order valence-electron chi connectivity index (χ1n) is 19.0. The molecule has 4 aliphatic rings. The Hall–Kier alpha value is -5.06. The number of imide groups is 1. The summed E-state index contributed by atoms with van der Waals surface area (Å²) in [5.41, 5.74) is 6.26. The van der Waals surface area contributed by atoms with Crippen molar-refractivity contribution in [2.75, 3.05) is 42.8 Å². The molecule has 0 saturated carbocycles. The number of aliphatic hydroxyl groups excluding tert-OH is 1. The molecule has 2 saturated heterocycles. The van der Waals surface area contributed by atoms with Crippen LogP contribution in [0, 0.1) is 12.8 Å². The van der Waals surface area contributed by atoms with Crippen molar-refractivity contribution >= 4 is 56.8 Å². The van der Waals surface area contributed by atoms with E-state index in [0.717, 1.165) is 38.4 Å². The van der Waals surface area contributed by atoms with Crippen LogP contribution in [0.15, 0.2) is 94.7 Å². The van der Waals surface area contributed by atoms with Gasteiger partial charge < -0.3 is 25.4 Å². The number of aliphatic hydroxyl groups is 1. The maximum Gasteiger partial charge on any atom is 0.255 e. The quantitative estimate of drug-likeness (QED) is 0.0892. The standard InChI is InChI=1S/C42H43N5O8S2/c1-25-8-11-29(12-9-25)57(53,54)47-17-16-31-35(23-48)44-34-13-10-27(21-32(34)40(31)47)26-4-2-5-28(20-26)43-39(50)24-55-18-19-56-37-7-3-6-30-33(37)22-46(42(30)52)36-14-15-38(49)45-41(36)51/h2-13,20-21,31,35-36,40,44,48H,14-19,22-24H2,1H3,(H,43,50)(H,45,49,51)/t31-,35+,36?,40-/m1/s1. The van der Waals surface area contributed by atoms with E-state index in [1.165, 1.54) is 16.7 Å². The second kappa shape index (κ2) is 16.1. The van der Waals surface area contributed by atoms with Crippen LogP contribution in [0.2, 0.25) is 0 Å². The molecule has 8 rings (SSSR count). The minimum Gasteiger partial charge on any atom is -0.394 e. The van der Waals surface area contributed by atoms with Crippen molar-refractivity contribution in [1.82, 2.24) is 14.5 Å². The maximum absolute atomic E-state index is 14.0. The summed E-state index contributed by atoms with van der Waals surface area (Å²) in [6.07, 6.45) is 1.11. The highest BCUT2D eigenvalue weighted by atomic mass is 32.2. The number of sulfonamides is 1. The minimum absolute atomic E-state index is 0.116. The summed E-state index contributed by atoms with van der Waals surface area (Å²) in [6.45, 7) is 2.55. The number of carbonyl (C=O) groups is 4. The molecule has 13 nitrogen and oxygen atoms in total. The van der Waals surface area contributed by atoms with Crippen LogP contribution in [0.5, 0.6) is 0 Å². The van der Waals surface area contributed by atoms with Crippen LogP contribution in [0.25, 0.3) is 11.1 Å².